The van der Waals surface area contributed by atoms with Crippen molar-refractivity contribution in [3.8, 4) is 0 Å². The molecule has 1 aromatic carbocycles. The van der Waals surface area contributed by atoms with Crippen molar-refractivity contribution in [2.75, 3.05) is 0 Å². The quantitative estimate of drug-likeness (QED) is 0.336. The van der Waals surface area contributed by atoms with Crippen molar-refractivity contribution in [2.24, 2.45) is 0 Å². The van der Waals surface area contributed by atoms with E-state index in [1.165, 1.54) is 12.1 Å². The Bertz CT molecular complexity index is 581. The smallest absolute Gasteiger partial charge is 0.550 e. The number of nitrogens with zero attached hydrogens (tertiary/aromatic N) is 2. The number of para-hydroxylation sites is 1. The zero-order valence-corrected chi connectivity index (χ0v) is 8.97. The van der Waals surface area contributed by atoms with Gasteiger partial charge in [0.2, 0.25) is 0 Å². The van der Waals surface area contributed by atoms with Crippen LogP contribution >= 0.6 is 0 Å². The number of rotatable bonds is 3. The molecule has 0 amide bonds. The number of aliphatic carboxylic acids is 1. The SMILES string of the molecule is O=C([O-])Cc1nc2c([N+](=O)[O-])cccc2[nH]1.[Li+]. The number of carbonyl (C=O) groups excluding carboxylic acids is 1. The molecule has 0 atom stereocenters. The minimum atomic E-state index is -1.29. The first-order chi connectivity index (χ1) is 7.58. The number of aromatic nitrogens is 2. The largest absolute Gasteiger partial charge is 1.00 e. The summed E-state index contributed by atoms with van der Waals surface area (Å²) in [5.41, 5.74) is 0.438. The number of carbonyl (C=O) groups is 1. The van der Waals surface area contributed by atoms with Crippen LogP contribution in [0, 0.1) is 10.1 Å². The monoisotopic (exact) mass is 227 g/mol. The van der Waals surface area contributed by atoms with Crippen molar-refractivity contribution in [1.29, 1.82) is 0 Å². The van der Waals surface area contributed by atoms with Gasteiger partial charge in [-0.3, -0.25) is 10.1 Å². The molecule has 0 fully saturated rings. The van der Waals surface area contributed by atoms with Crippen LogP contribution in [0.15, 0.2) is 18.2 Å². The number of H-pyrrole nitrogens is 1. The molecule has 1 heterocycles. The first kappa shape index (κ1) is 13.2. The molecule has 0 aliphatic heterocycles. The van der Waals surface area contributed by atoms with E-state index >= 15 is 0 Å². The number of imidazole rings is 1. The minimum absolute atomic E-state index is 0. The second kappa shape index (κ2) is 4.99. The zero-order chi connectivity index (χ0) is 11.7. The summed E-state index contributed by atoms with van der Waals surface area (Å²) in [6.45, 7) is 0. The topological polar surface area (TPSA) is 112 Å². The number of non-ortho nitro benzene ring substituents is 1. The van der Waals surface area contributed by atoms with E-state index in [1.807, 2.05) is 0 Å². The summed E-state index contributed by atoms with van der Waals surface area (Å²) < 4.78 is 0. The molecule has 82 valence electrons. The third-order valence-electron chi connectivity index (χ3n) is 2.05. The molecule has 2 aromatic rings. The van der Waals surface area contributed by atoms with Crippen LogP contribution in [0.3, 0.4) is 0 Å². The number of hydrogen-bond acceptors (Lipinski definition) is 5. The van der Waals surface area contributed by atoms with Gasteiger partial charge in [0.15, 0.2) is 5.52 Å². The number of benzene rings is 1. The van der Waals surface area contributed by atoms with Gasteiger partial charge in [-0.05, 0) is 6.07 Å². The van der Waals surface area contributed by atoms with Crippen LogP contribution in [0.25, 0.3) is 11.0 Å². The van der Waals surface area contributed by atoms with Gasteiger partial charge in [0.1, 0.15) is 5.82 Å². The first-order valence-electron chi connectivity index (χ1n) is 4.40. The van der Waals surface area contributed by atoms with Gasteiger partial charge >= 0.3 is 18.9 Å². The van der Waals surface area contributed by atoms with Gasteiger partial charge in [-0.25, -0.2) is 4.98 Å². The number of carboxylic acids is 1. The van der Waals surface area contributed by atoms with Crippen molar-refractivity contribution >= 4 is 22.7 Å². The third-order valence-corrected chi connectivity index (χ3v) is 2.05. The van der Waals surface area contributed by atoms with Gasteiger partial charge in [0.25, 0.3) is 5.69 Å². The van der Waals surface area contributed by atoms with Crippen molar-refractivity contribution < 1.29 is 33.7 Å². The zero-order valence-electron chi connectivity index (χ0n) is 8.97. The molecule has 7 nitrogen and oxygen atoms in total. The summed E-state index contributed by atoms with van der Waals surface area (Å²) in [5.74, 6) is -1.15. The van der Waals surface area contributed by atoms with Gasteiger partial charge in [-0.2, -0.15) is 0 Å². The van der Waals surface area contributed by atoms with E-state index in [2.05, 4.69) is 9.97 Å². The van der Waals surface area contributed by atoms with Crippen molar-refractivity contribution in [1.82, 2.24) is 9.97 Å². The summed E-state index contributed by atoms with van der Waals surface area (Å²) in [4.78, 5) is 27.0. The second-order valence-electron chi connectivity index (χ2n) is 3.16. The Morgan fingerprint density at radius 3 is 2.76 bits per heavy atom. The predicted molar refractivity (Wildman–Crippen MR) is 51.5 cm³/mol. The molecule has 0 saturated heterocycles. The second-order valence-corrected chi connectivity index (χ2v) is 3.16. The number of aromatic amines is 1. The third kappa shape index (κ3) is 2.64. The number of nitrogens with one attached hydrogen (secondary N) is 1. The van der Waals surface area contributed by atoms with Gasteiger partial charge in [0, 0.05) is 18.5 Å². The number of nitro benzene ring substituents is 1. The normalized spacial score (nSPS) is 9.88. The van der Waals surface area contributed by atoms with E-state index in [0.717, 1.165) is 0 Å². The molecule has 0 unspecified atom stereocenters. The van der Waals surface area contributed by atoms with Gasteiger partial charge in [-0.1, -0.05) is 6.07 Å². The fourth-order valence-electron chi connectivity index (χ4n) is 1.44. The number of nitro groups is 1. The summed E-state index contributed by atoms with van der Waals surface area (Å²) in [7, 11) is 0. The van der Waals surface area contributed by atoms with Crippen LogP contribution in [0.5, 0.6) is 0 Å². The fourth-order valence-corrected chi connectivity index (χ4v) is 1.44. The molecular formula is C9H6LiN3O4. The van der Waals surface area contributed by atoms with E-state index in [1.54, 1.807) is 6.07 Å². The molecular weight excluding hydrogens is 221 g/mol. The Hall–Kier alpha value is -1.84. The number of carboxylic acid groups (broad SMARTS) is 1. The van der Waals surface area contributed by atoms with Crippen LogP contribution in [0.2, 0.25) is 0 Å². The molecule has 8 heteroatoms. The van der Waals surface area contributed by atoms with Gasteiger partial charge in [0.05, 0.1) is 10.4 Å². The molecule has 0 bridgehead atoms. The maximum Gasteiger partial charge on any atom is 1.00 e. The van der Waals surface area contributed by atoms with E-state index in [-0.39, 0.29) is 35.9 Å². The maximum atomic E-state index is 10.7. The summed E-state index contributed by atoms with van der Waals surface area (Å²) in [5, 5.41) is 21.0. The van der Waals surface area contributed by atoms with Crippen LogP contribution in [-0.2, 0) is 11.2 Å². The number of fused-ring (bicyclic) bond motifs is 1. The Morgan fingerprint density at radius 1 is 1.47 bits per heavy atom. The van der Waals surface area contributed by atoms with Crippen LogP contribution in [0.1, 0.15) is 5.82 Å². The molecule has 17 heavy (non-hydrogen) atoms. The van der Waals surface area contributed by atoms with Crippen molar-refractivity contribution in [2.45, 2.75) is 6.42 Å². The van der Waals surface area contributed by atoms with Crippen molar-refractivity contribution in [3.63, 3.8) is 0 Å². The molecule has 0 radical (unpaired) electrons. The average Bonchev–Trinajstić information content (AvgIpc) is 2.57. The van der Waals surface area contributed by atoms with Gasteiger partial charge in [-0.15, -0.1) is 0 Å². The summed E-state index contributed by atoms with van der Waals surface area (Å²) in [6.07, 6.45) is -0.397. The van der Waals surface area contributed by atoms with E-state index in [4.69, 9.17) is 0 Å². The minimum Gasteiger partial charge on any atom is -0.550 e. The number of hydrogen-bond donors (Lipinski definition) is 1. The van der Waals surface area contributed by atoms with Crippen LogP contribution < -0.4 is 24.0 Å². The predicted octanol–water partition coefficient (Wildman–Crippen LogP) is -3.23. The maximum absolute atomic E-state index is 10.7. The standard InChI is InChI=1S/C9H7N3O4.Li/c13-8(14)4-7-10-5-2-1-3-6(12(15)16)9(5)11-7;/h1-3H,4H2,(H,10,11)(H,13,14);/q;+1/p-1. The van der Waals surface area contributed by atoms with Crippen LogP contribution in [0.4, 0.5) is 5.69 Å². The molecule has 0 aliphatic carbocycles. The average molecular weight is 227 g/mol. The Kier molecular flexibility index (Phi) is 3.88. The van der Waals surface area contributed by atoms with E-state index < -0.39 is 17.3 Å². The Labute approximate surface area is 107 Å². The van der Waals surface area contributed by atoms with Gasteiger partial charge < -0.3 is 14.9 Å². The Morgan fingerprint density at radius 2 is 2.18 bits per heavy atom. The fraction of sp³-hybridized carbons (Fsp3) is 0.111. The molecule has 0 saturated carbocycles. The first-order valence-corrected chi connectivity index (χ1v) is 4.40. The molecule has 0 spiro atoms. The summed E-state index contributed by atoms with van der Waals surface area (Å²) >= 11 is 0. The Balaban J connectivity index is 0.00000144. The molecule has 1 N–H and O–H groups in total. The van der Waals surface area contributed by atoms with E-state index in [0.29, 0.717) is 5.52 Å². The summed E-state index contributed by atoms with van der Waals surface area (Å²) in [6, 6.07) is 4.40. The molecule has 2 rings (SSSR count). The molecule has 1 aromatic heterocycles. The molecule has 0 aliphatic rings. The van der Waals surface area contributed by atoms with Crippen molar-refractivity contribution in [3.05, 3.63) is 34.1 Å². The van der Waals surface area contributed by atoms with E-state index in [9.17, 15) is 20.0 Å². The van der Waals surface area contributed by atoms with Crippen LogP contribution in [-0.4, -0.2) is 20.9 Å².